The largest absolute Gasteiger partial charge is 0.471 e. The van der Waals surface area contributed by atoms with E-state index in [0.29, 0.717) is 13.0 Å². The molecule has 3 aliphatic heterocycles. The minimum absolute atomic E-state index is 0.0867. The summed E-state index contributed by atoms with van der Waals surface area (Å²) in [5, 5.41) is 0. The Morgan fingerprint density at radius 2 is 2.00 bits per heavy atom. The highest BCUT2D eigenvalue weighted by molar-refractivity contribution is 6.15. The van der Waals surface area contributed by atoms with Crippen LogP contribution in [0, 0.1) is 0 Å². The first-order valence-corrected chi connectivity index (χ1v) is 10.8. The molecule has 5 rings (SSSR count). The number of rotatable bonds is 3. The van der Waals surface area contributed by atoms with Gasteiger partial charge in [-0.15, -0.1) is 0 Å². The Kier molecular flexibility index (Phi) is 5.23. The van der Waals surface area contributed by atoms with Crippen LogP contribution >= 0.6 is 0 Å². The quantitative estimate of drug-likeness (QED) is 0.722. The van der Waals surface area contributed by atoms with Crippen LogP contribution in [-0.4, -0.2) is 59.4 Å². The Balaban J connectivity index is 1.36. The van der Waals surface area contributed by atoms with Crippen molar-refractivity contribution in [3.8, 4) is 0 Å². The minimum atomic E-state index is -4.81. The van der Waals surface area contributed by atoms with Crippen LogP contribution in [-0.2, 0) is 4.79 Å². The molecule has 2 bridgehead atoms. The topological polar surface area (TPSA) is 48.8 Å². The second-order valence-electron chi connectivity index (χ2n) is 8.49. The second kappa shape index (κ2) is 8.07. The molecule has 0 aliphatic carbocycles. The predicted octanol–water partition coefficient (Wildman–Crippen LogP) is 4.10. The zero-order valence-electron chi connectivity index (χ0n) is 17.4. The number of piperazine rings is 1. The van der Waals surface area contributed by atoms with E-state index in [4.69, 9.17) is 4.99 Å². The SMILES string of the molecule is O=C(N1C[C@@H]2C[C@H]1CN2c1cccc(C=C2CCCN=C2c2cccnc2)c1)C(F)(F)F. The van der Waals surface area contributed by atoms with Gasteiger partial charge in [0.1, 0.15) is 0 Å². The van der Waals surface area contributed by atoms with Crippen molar-refractivity contribution in [1.82, 2.24) is 9.88 Å². The number of halogens is 3. The number of carbonyl (C=O) groups is 1. The van der Waals surface area contributed by atoms with Crippen LogP contribution in [0.25, 0.3) is 6.08 Å². The molecule has 0 radical (unpaired) electrons. The lowest BCUT2D eigenvalue weighted by Crippen LogP contribution is -2.52. The van der Waals surface area contributed by atoms with E-state index in [2.05, 4.69) is 22.0 Å². The van der Waals surface area contributed by atoms with Gasteiger partial charge in [0.15, 0.2) is 0 Å². The van der Waals surface area contributed by atoms with Gasteiger partial charge in [-0.3, -0.25) is 14.8 Å². The molecular formula is C24H23F3N4O. The third-order valence-electron chi connectivity index (χ3n) is 6.40. The molecule has 3 aliphatic rings. The van der Waals surface area contributed by atoms with Gasteiger partial charge in [0, 0.05) is 49.3 Å². The molecule has 0 unspecified atom stereocenters. The summed E-state index contributed by atoms with van der Waals surface area (Å²) < 4.78 is 38.6. The van der Waals surface area contributed by atoms with E-state index in [1.165, 1.54) is 0 Å². The van der Waals surface area contributed by atoms with Crippen molar-refractivity contribution in [3.05, 3.63) is 65.5 Å². The van der Waals surface area contributed by atoms with Crippen molar-refractivity contribution in [2.75, 3.05) is 24.5 Å². The van der Waals surface area contributed by atoms with E-state index in [-0.39, 0.29) is 12.6 Å². The van der Waals surface area contributed by atoms with Gasteiger partial charge in [-0.2, -0.15) is 13.2 Å². The first kappa shape index (κ1) is 20.7. The van der Waals surface area contributed by atoms with Crippen molar-refractivity contribution in [3.63, 3.8) is 0 Å². The van der Waals surface area contributed by atoms with E-state index in [1.807, 2.05) is 36.5 Å². The van der Waals surface area contributed by atoms with Crippen molar-refractivity contribution in [2.45, 2.75) is 37.5 Å². The van der Waals surface area contributed by atoms with Crippen molar-refractivity contribution < 1.29 is 18.0 Å². The fraction of sp³-hybridized carbons (Fsp3) is 0.375. The summed E-state index contributed by atoms with van der Waals surface area (Å²) in [4.78, 5) is 23.7. The maximum atomic E-state index is 12.9. The number of fused-ring (bicyclic) bond motifs is 2. The van der Waals surface area contributed by atoms with E-state index in [9.17, 15) is 18.0 Å². The highest BCUT2D eigenvalue weighted by Crippen LogP contribution is 2.37. The number of amides is 1. The fourth-order valence-corrected chi connectivity index (χ4v) is 4.99. The average molecular weight is 440 g/mol. The Hall–Kier alpha value is -3.16. The molecule has 1 aromatic heterocycles. The van der Waals surface area contributed by atoms with Gasteiger partial charge < -0.3 is 9.80 Å². The summed E-state index contributed by atoms with van der Waals surface area (Å²) in [6, 6.07) is 11.5. The van der Waals surface area contributed by atoms with Gasteiger partial charge in [0.2, 0.25) is 0 Å². The summed E-state index contributed by atoms with van der Waals surface area (Å²) >= 11 is 0. The molecule has 2 atom stereocenters. The Labute approximate surface area is 184 Å². The van der Waals surface area contributed by atoms with Crippen molar-refractivity contribution >= 4 is 23.4 Å². The normalized spacial score (nSPS) is 24.2. The molecule has 0 N–H and O–H groups in total. The van der Waals surface area contributed by atoms with Gasteiger partial charge >= 0.3 is 12.1 Å². The minimum Gasteiger partial charge on any atom is -0.365 e. The summed E-state index contributed by atoms with van der Waals surface area (Å²) in [5.41, 5.74) is 5.13. The maximum Gasteiger partial charge on any atom is 0.471 e. The van der Waals surface area contributed by atoms with Crippen LogP contribution in [0.1, 0.15) is 30.4 Å². The molecular weight excluding hydrogens is 417 g/mol. The third kappa shape index (κ3) is 3.89. The molecule has 8 heteroatoms. The smallest absolute Gasteiger partial charge is 0.365 e. The predicted molar refractivity (Wildman–Crippen MR) is 117 cm³/mol. The first-order valence-electron chi connectivity index (χ1n) is 10.8. The van der Waals surface area contributed by atoms with Crippen LogP contribution in [0.2, 0.25) is 0 Å². The molecule has 2 aromatic rings. The Morgan fingerprint density at radius 3 is 2.72 bits per heavy atom. The number of aliphatic imine (C=N–C) groups is 1. The molecule has 32 heavy (non-hydrogen) atoms. The number of allylic oxidation sites excluding steroid dienone is 1. The van der Waals surface area contributed by atoms with Crippen LogP contribution in [0.15, 0.2) is 59.4 Å². The molecule has 1 aromatic carbocycles. The van der Waals surface area contributed by atoms with Gasteiger partial charge in [-0.05, 0) is 60.7 Å². The van der Waals surface area contributed by atoms with E-state index >= 15 is 0 Å². The highest BCUT2D eigenvalue weighted by Gasteiger charge is 2.52. The number of carbonyl (C=O) groups excluding carboxylic acids is 1. The summed E-state index contributed by atoms with van der Waals surface area (Å²) in [5.74, 6) is -1.72. The average Bonchev–Trinajstić information content (AvgIpc) is 3.40. The number of nitrogens with zero attached hydrogens (tertiary/aromatic N) is 4. The van der Waals surface area contributed by atoms with Crippen LogP contribution in [0.5, 0.6) is 0 Å². The van der Waals surface area contributed by atoms with Crippen molar-refractivity contribution in [2.24, 2.45) is 4.99 Å². The van der Waals surface area contributed by atoms with Crippen LogP contribution in [0.4, 0.5) is 18.9 Å². The third-order valence-corrected chi connectivity index (χ3v) is 6.40. The summed E-state index contributed by atoms with van der Waals surface area (Å²) in [6.45, 7) is 1.34. The van der Waals surface area contributed by atoms with Gasteiger partial charge in [-0.25, -0.2) is 0 Å². The number of aromatic nitrogens is 1. The molecule has 166 valence electrons. The van der Waals surface area contributed by atoms with Crippen LogP contribution in [0.3, 0.4) is 0 Å². The highest BCUT2D eigenvalue weighted by atomic mass is 19.4. The monoisotopic (exact) mass is 440 g/mol. The number of hydrogen-bond donors (Lipinski definition) is 0. The Bertz CT molecular complexity index is 1080. The van der Waals surface area contributed by atoms with Crippen LogP contribution < -0.4 is 4.90 Å². The standard InChI is InChI=1S/C24H23F3N4O/c25-24(26,27)23(32)31-15-20-12-21(31)14-30(20)19-7-1-4-16(11-19)10-17-5-3-9-29-22(17)18-6-2-8-28-13-18/h1-2,4,6-8,10-11,13,20-21H,3,5,9,12,14-15H2/t20-,21-/m0/s1. The second-order valence-corrected chi connectivity index (χ2v) is 8.49. The molecule has 0 spiro atoms. The molecule has 2 fully saturated rings. The van der Waals surface area contributed by atoms with Gasteiger partial charge in [0.05, 0.1) is 11.8 Å². The zero-order valence-corrected chi connectivity index (χ0v) is 17.4. The van der Waals surface area contributed by atoms with Crippen molar-refractivity contribution in [1.29, 1.82) is 0 Å². The number of anilines is 1. The maximum absolute atomic E-state index is 12.9. The molecule has 0 saturated carbocycles. The zero-order chi connectivity index (χ0) is 22.3. The Morgan fingerprint density at radius 1 is 1.12 bits per heavy atom. The van der Waals surface area contributed by atoms with E-state index < -0.39 is 18.1 Å². The van der Waals surface area contributed by atoms with E-state index in [1.54, 1.807) is 6.20 Å². The summed E-state index contributed by atoms with van der Waals surface area (Å²) in [6.07, 6.45) is 3.40. The summed E-state index contributed by atoms with van der Waals surface area (Å²) in [7, 11) is 0. The molecule has 1 amide bonds. The first-order chi connectivity index (χ1) is 15.4. The lowest BCUT2D eigenvalue weighted by atomic mass is 9.95. The van der Waals surface area contributed by atoms with E-state index in [0.717, 1.165) is 52.4 Å². The molecule has 4 heterocycles. The number of pyridine rings is 1. The number of hydrogen-bond acceptors (Lipinski definition) is 4. The van der Waals surface area contributed by atoms with Gasteiger partial charge in [-0.1, -0.05) is 12.1 Å². The van der Waals surface area contributed by atoms with Gasteiger partial charge in [0.25, 0.3) is 0 Å². The number of alkyl halides is 3. The molecule has 2 saturated heterocycles. The number of likely N-dealkylation sites (tertiary alicyclic amines) is 1. The number of benzene rings is 1. The fourth-order valence-electron chi connectivity index (χ4n) is 4.99. The lowest BCUT2D eigenvalue weighted by molar-refractivity contribution is -0.186. The molecule has 5 nitrogen and oxygen atoms in total. The lowest BCUT2D eigenvalue weighted by Gasteiger charge is -2.36.